The van der Waals surface area contributed by atoms with E-state index in [-0.39, 0.29) is 5.91 Å². The number of nitriles is 1. The number of thioether (sulfide) groups is 1. The third-order valence-electron chi connectivity index (χ3n) is 5.14. The molecular weight excluding hydrogens is 438 g/mol. The zero-order valence-electron chi connectivity index (χ0n) is 16.3. The Labute approximate surface area is 188 Å². The number of benzene rings is 1. The van der Waals surface area contributed by atoms with Crippen LogP contribution in [0.3, 0.4) is 0 Å². The summed E-state index contributed by atoms with van der Waals surface area (Å²) in [6.45, 7) is 1.84. The summed E-state index contributed by atoms with van der Waals surface area (Å²) >= 11 is 9.15. The van der Waals surface area contributed by atoms with Gasteiger partial charge in [-0.15, -0.1) is 21.5 Å². The number of hydrogen-bond donors (Lipinski definition) is 1. The van der Waals surface area contributed by atoms with Crippen molar-refractivity contribution < 1.29 is 4.79 Å². The van der Waals surface area contributed by atoms with Gasteiger partial charge in [-0.25, -0.2) is 0 Å². The summed E-state index contributed by atoms with van der Waals surface area (Å²) in [6, 6.07) is 11.7. The number of amides is 1. The lowest BCUT2D eigenvalue weighted by Gasteiger charge is -2.18. The Kier molecular flexibility index (Phi) is 6.42. The van der Waals surface area contributed by atoms with Crippen LogP contribution in [-0.4, -0.2) is 25.9 Å². The van der Waals surface area contributed by atoms with E-state index in [0.717, 1.165) is 24.2 Å². The molecule has 1 fully saturated rings. The molecule has 1 aromatic carbocycles. The molecule has 3 aromatic rings. The first-order valence-electron chi connectivity index (χ1n) is 9.73. The first kappa shape index (κ1) is 20.9. The minimum absolute atomic E-state index is 0.167. The topological polar surface area (TPSA) is 83.6 Å². The summed E-state index contributed by atoms with van der Waals surface area (Å²) in [7, 11) is 0. The maximum Gasteiger partial charge on any atom is 0.238 e. The molecule has 1 aliphatic rings. The van der Waals surface area contributed by atoms with Crippen molar-refractivity contribution in [1.82, 2.24) is 14.8 Å². The molecule has 0 aliphatic heterocycles. The number of carbonyl (C=O) groups is 1. The number of aromatic nitrogens is 3. The fourth-order valence-corrected chi connectivity index (χ4v) is 5.47. The Morgan fingerprint density at radius 3 is 2.83 bits per heavy atom. The molecule has 1 atom stereocenters. The van der Waals surface area contributed by atoms with Crippen LogP contribution in [0.5, 0.6) is 0 Å². The molecule has 1 saturated carbocycles. The molecule has 0 saturated heterocycles. The van der Waals surface area contributed by atoms with Gasteiger partial charge in [0.1, 0.15) is 11.1 Å². The summed E-state index contributed by atoms with van der Waals surface area (Å²) in [6.07, 6.45) is 4.45. The average Bonchev–Trinajstić information content (AvgIpc) is 3.49. The van der Waals surface area contributed by atoms with Crippen LogP contribution in [0.1, 0.15) is 44.2 Å². The van der Waals surface area contributed by atoms with Gasteiger partial charge in [-0.2, -0.15) is 5.26 Å². The van der Waals surface area contributed by atoms with Crippen molar-refractivity contribution in [2.24, 2.45) is 0 Å². The monoisotopic (exact) mass is 457 g/mol. The molecular formula is C21H20ClN5OS2. The van der Waals surface area contributed by atoms with E-state index in [2.05, 4.69) is 26.2 Å². The number of carbonyl (C=O) groups excluding carboxylic acids is 1. The van der Waals surface area contributed by atoms with E-state index < -0.39 is 5.25 Å². The normalized spacial score (nSPS) is 15.1. The molecule has 0 radical (unpaired) electrons. The molecule has 1 amide bonds. The third-order valence-corrected chi connectivity index (χ3v) is 7.36. The predicted octanol–water partition coefficient (Wildman–Crippen LogP) is 5.77. The zero-order valence-corrected chi connectivity index (χ0v) is 18.7. The smallest absolute Gasteiger partial charge is 0.238 e. The van der Waals surface area contributed by atoms with E-state index in [0.29, 0.717) is 26.8 Å². The van der Waals surface area contributed by atoms with Crippen LogP contribution >= 0.6 is 34.7 Å². The van der Waals surface area contributed by atoms with Gasteiger partial charge in [-0.3, -0.25) is 9.36 Å². The zero-order chi connectivity index (χ0) is 21.1. The van der Waals surface area contributed by atoms with Crippen molar-refractivity contribution in [2.45, 2.75) is 49.1 Å². The van der Waals surface area contributed by atoms with Crippen molar-refractivity contribution in [3.63, 3.8) is 0 Å². The van der Waals surface area contributed by atoms with Crippen molar-refractivity contribution in [3.8, 4) is 17.5 Å². The van der Waals surface area contributed by atoms with Gasteiger partial charge in [0.15, 0.2) is 11.0 Å². The Morgan fingerprint density at radius 2 is 2.10 bits per heavy atom. The molecule has 1 aliphatic carbocycles. The fraction of sp³-hybridized carbons (Fsp3) is 0.333. The minimum atomic E-state index is -0.401. The highest BCUT2D eigenvalue weighted by molar-refractivity contribution is 8.00. The second-order valence-electron chi connectivity index (χ2n) is 7.12. The molecule has 9 heteroatoms. The second kappa shape index (κ2) is 9.21. The number of anilines is 1. The number of nitrogens with zero attached hydrogens (tertiary/aromatic N) is 4. The van der Waals surface area contributed by atoms with E-state index in [4.69, 9.17) is 16.9 Å². The van der Waals surface area contributed by atoms with Crippen molar-refractivity contribution in [1.29, 1.82) is 5.26 Å². The quantitative estimate of drug-likeness (QED) is 0.475. The number of nitrogens with one attached hydrogen (secondary N) is 1. The number of rotatable bonds is 6. The van der Waals surface area contributed by atoms with E-state index in [1.165, 1.54) is 35.9 Å². The van der Waals surface area contributed by atoms with Gasteiger partial charge in [0.2, 0.25) is 5.91 Å². The van der Waals surface area contributed by atoms with Crippen LogP contribution in [-0.2, 0) is 4.79 Å². The Balaban J connectivity index is 1.60. The van der Waals surface area contributed by atoms with Gasteiger partial charge in [0, 0.05) is 11.6 Å². The highest BCUT2D eigenvalue weighted by Crippen LogP contribution is 2.39. The molecule has 4 rings (SSSR count). The largest absolute Gasteiger partial charge is 0.316 e. The maximum atomic E-state index is 12.7. The summed E-state index contributed by atoms with van der Waals surface area (Å²) in [5.74, 6) is 0.576. The van der Waals surface area contributed by atoms with Crippen molar-refractivity contribution >= 4 is 45.6 Å². The SMILES string of the molecule is CC(Sc1nnc(-c2ccccc2Cl)n1C1CCCC1)C(=O)Nc1sccc1C#N. The van der Waals surface area contributed by atoms with Gasteiger partial charge in [0.05, 0.1) is 15.8 Å². The Hall–Kier alpha value is -2.34. The van der Waals surface area contributed by atoms with Gasteiger partial charge in [0.25, 0.3) is 0 Å². The molecule has 0 spiro atoms. The van der Waals surface area contributed by atoms with Gasteiger partial charge in [-0.05, 0) is 43.3 Å². The van der Waals surface area contributed by atoms with Crippen LogP contribution in [0.4, 0.5) is 5.00 Å². The summed E-state index contributed by atoms with van der Waals surface area (Å²) in [5.41, 5.74) is 1.32. The number of hydrogen-bond acceptors (Lipinski definition) is 6. The van der Waals surface area contributed by atoms with E-state index >= 15 is 0 Å². The van der Waals surface area contributed by atoms with Crippen LogP contribution in [0.2, 0.25) is 5.02 Å². The average molecular weight is 458 g/mol. The van der Waals surface area contributed by atoms with E-state index in [1.807, 2.05) is 31.2 Å². The van der Waals surface area contributed by atoms with Crippen LogP contribution in [0.15, 0.2) is 40.9 Å². The Bertz CT molecular complexity index is 1100. The molecule has 2 heterocycles. The van der Waals surface area contributed by atoms with Gasteiger partial charge in [-0.1, -0.05) is 48.3 Å². The molecule has 1 unspecified atom stereocenters. The summed E-state index contributed by atoms with van der Waals surface area (Å²) < 4.78 is 2.15. The van der Waals surface area contributed by atoms with Crippen LogP contribution in [0.25, 0.3) is 11.4 Å². The van der Waals surface area contributed by atoms with E-state index in [1.54, 1.807) is 11.4 Å². The first-order valence-corrected chi connectivity index (χ1v) is 11.9. The fourth-order valence-electron chi connectivity index (χ4n) is 3.59. The molecule has 6 nitrogen and oxygen atoms in total. The molecule has 30 heavy (non-hydrogen) atoms. The van der Waals surface area contributed by atoms with Crippen LogP contribution < -0.4 is 5.32 Å². The Morgan fingerprint density at radius 1 is 1.33 bits per heavy atom. The molecule has 154 valence electrons. The predicted molar refractivity (Wildman–Crippen MR) is 121 cm³/mol. The summed E-state index contributed by atoms with van der Waals surface area (Å²) in [4.78, 5) is 12.7. The molecule has 1 N–H and O–H groups in total. The standard InChI is InChI=1S/C21H20ClN5OS2/c1-13(19(28)24-20-14(12-23)10-11-29-20)30-21-26-25-18(16-8-4-5-9-17(16)22)27(21)15-6-2-3-7-15/h4-5,8-11,13,15H,2-3,6-7H2,1H3,(H,24,28). The highest BCUT2D eigenvalue weighted by Gasteiger charge is 2.28. The summed E-state index contributed by atoms with van der Waals surface area (Å²) in [5, 5.41) is 24.2. The van der Waals surface area contributed by atoms with Crippen molar-refractivity contribution in [3.05, 3.63) is 46.3 Å². The second-order valence-corrected chi connectivity index (χ2v) is 9.75. The lowest BCUT2D eigenvalue weighted by molar-refractivity contribution is -0.115. The highest BCUT2D eigenvalue weighted by atomic mass is 35.5. The van der Waals surface area contributed by atoms with Crippen LogP contribution in [0, 0.1) is 11.3 Å². The number of halogens is 1. The minimum Gasteiger partial charge on any atom is -0.316 e. The lowest BCUT2D eigenvalue weighted by atomic mass is 10.2. The first-order chi connectivity index (χ1) is 14.6. The van der Waals surface area contributed by atoms with Gasteiger partial charge >= 0.3 is 0 Å². The van der Waals surface area contributed by atoms with E-state index in [9.17, 15) is 4.79 Å². The third kappa shape index (κ3) is 4.24. The maximum absolute atomic E-state index is 12.7. The van der Waals surface area contributed by atoms with Gasteiger partial charge < -0.3 is 5.32 Å². The lowest BCUT2D eigenvalue weighted by Crippen LogP contribution is -2.23. The molecule has 2 aromatic heterocycles. The molecule has 0 bridgehead atoms. The van der Waals surface area contributed by atoms with Crippen molar-refractivity contribution in [2.75, 3.05) is 5.32 Å². The number of thiophene rings is 1.